The quantitative estimate of drug-likeness (QED) is 0.681. The number of hydrogen-bond acceptors (Lipinski definition) is 2. The van der Waals surface area contributed by atoms with Crippen LogP contribution in [0.5, 0.6) is 0 Å². The third-order valence-corrected chi connectivity index (χ3v) is 1.76. The first-order chi connectivity index (χ1) is 5.74. The summed E-state index contributed by atoms with van der Waals surface area (Å²) in [6.45, 7) is 1.88. The molecule has 2 N–H and O–H groups in total. The Hall–Kier alpha value is -1.32. The smallest absolute Gasteiger partial charge is 0.222 e. The fourth-order valence-electron chi connectivity index (χ4n) is 1.06. The predicted octanol–water partition coefficient (Wildman–Crippen LogP) is 0.334. The van der Waals surface area contributed by atoms with E-state index in [9.17, 15) is 4.79 Å². The SMILES string of the molecule is CNC(=O)C(C)Cc1c[nH]cn1. The number of aromatic amines is 1. The number of carbonyl (C=O) groups excluding carboxylic acids is 1. The van der Waals surface area contributed by atoms with Crippen LogP contribution in [0.3, 0.4) is 0 Å². The molecule has 12 heavy (non-hydrogen) atoms. The molecule has 0 fully saturated rings. The number of nitrogens with one attached hydrogen (secondary N) is 2. The number of carbonyl (C=O) groups is 1. The van der Waals surface area contributed by atoms with Gasteiger partial charge in [0, 0.05) is 25.6 Å². The zero-order valence-electron chi connectivity index (χ0n) is 7.29. The normalized spacial score (nSPS) is 12.5. The van der Waals surface area contributed by atoms with Gasteiger partial charge in [-0.15, -0.1) is 0 Å². The summed E-state index contributed by atoms with van der Waals surface area (Å²) in [5, 5.41) is 2.60. The fraction of sp³-hybridized carbons (Fsp3) is 0.500. The van der Waals surface area contributed by atoms with Crippen molar-refractivity contribution in [1.82, 2.24) is 15.3 Å². The van der Waals surface area contributed by atoms with Crippen LogP contribution in [0.2, 0.25) is 0 Å². The number of rotatable bonds is 3. The van der Waals surface area contributed by atoms with Crippen molar-refractivity contribution in [2.45, 2.75) is 13.3 Å². The molecule has 0 spiro atoms. The second kappa shape index (κ2) is 3.90. The van der Waals surface area contributed by atoms with Crippen molar-refractivity contribution in [1.29, 1.82) is 0 Å². The van der Waals surface area contributed by atoms with Gasteiger partial charge in [0.2, 0.25) is 5.91 Å². The van der Waals surface area contributed by atoms with Gasteiger partial charge in [0.1, 0.15) is 0 Å². The molecule has 0 saturated heterocycles. The van der Waals surface area contributed by atoms with E-state index in [1.165, 1.54) is 0 Å². The second-order valence-electron chi connectivity index (χ2n) is 2.78. The van der Waals surface area contributed by atoms with Crippen molar-refractivity contribution < 1.29 is 4.79 Å². The average molecular weight is 167 g/mol. The van der Waals surface area contributed by atoms with Gasteiger partial charge >= 0.3 is 0 Å². The van der Waals surface area contributed by atoms with Gasteiger partial charge in [-0.2, -0.15) is 0 Å². The van der Waals surface area contributed by atoms with Crippen molar-refractivity contribution in [2.24, 2.45) is 5.92 Å². The lowest BCUT2D eigenvalue weighted by Crippen LogP contribution is -2.26. The van der Waals surface area contributed by atoms with Crippen LogP contribution in [0.25, 0.3) is 0 Å². The van der Waals surface area contributed by atoms with E-state index in [1.54, 1.807) is 19.6 Å². The molecular formula is C8H13N3O. The monoisotopic (exact) mass is 167 g/mol. The molecule has 1 rings (SSSR count). The fourth-order valence-corrected chi connectivity index (χ4v) is 1.06. The summed E-state index contributed by atoms with van der Waals surface area (Å²) in [6, 6.07) is 0. The molecule has 0 aliphatic rings. The summed E-state index contributed by atoms with van der Waals surface area (Å²) in [4.78, 5) is 18.0. The van der Waals surface area contributed by atoms with Crippen LogP contribution >= 0.6 is 0 Å². The first-order valence-corrected chi connectivity index (χ1v) is 3.93. The maximum atomic E-state index is 11.1. The van der Waals surface area contributed by atoms with Crippen LogP contribution in [-0.4, -0.2) is 22.9 Å². The van der Waals surface area contributed by atoms with Crippen molar-refractivity contribution in [3.63, 3.8) is 0 Å². The summed E-state index contributed by atoms with van der Waals surface area (Å²) in [5.74, 6) is 0.0382. The van der Waals surface area contributed by atoms with Crippen molar-refractivity contribution in [3.05, 3.63) is 18.2 Å². The summed E-state index contributed by atoms with van der Waals surface area (Å²) in [7, 11) is 1.64. The highest BCUT2D eigenvalue weighted by molar-refractivity contribution is 5.78. The lowest BCUT2D eigenvalue weighted by molar-refractivity contribution is -0.123. The van der Waals surface area contributed by atoms with Gasteiger partial charge in [-0.1, -0.05) is 6.92 Å². The molecule has 0 aliphatic heterocycles. The average Bonchev–Trinajstić information content (AvgIpc) is 2.55. The lowest BCUT2D eigenvalue weighted by atomic mass is 10.1. The van der Waals surface area contributed by atoms with Gasteiger partial charge < -0.3 is 10.3 Å². The van der Waals surface area contributed by atoms with Crippen LogP contribution in [0.1, 0.15) is 12.6 Å². The Morgan fingerprint density at radius 2 is 2.58 bits per heavy atom. The highest BCUT2D eigenvalue weighted by Crippen LogP contribution is 2.04. The van der Waals surface area contributed by atoms with Crippen LogP contribution in [0.15, 0.2) is 12.5 Å². The van der Waals surface area contributed by atoms with Gasteiger partial charge in [-0.25, -0.2) is 4.98 Å². The number of hydrogen-bond donors (Lipinski definition) is 2. The molecule has 0 saturated carbocycles. The summed E-state index contributed by atoms with van der Waals surface area (Å²) in [6.07, 6.45) is 4.11. The van der Waals surface area contributed by atoms with Crippen molar-refractivity contribution in [3.8, 4) is 0 Å². The molecule has 4 nitrogen and oxygen atoms in total. The van der Waals surface area contributed by atoms with Crippen molar-refractivity contribution in [2.75, 3.05) is 7.05 Å². The second-order valence-corrected chi connectivity index (χ2v) is 2.78. The minimum Gasteiger partial charge on any atom is -0.359 e. The molecule has 1 amide bonds. The van der Waals surface area contributed by atoms with E-state index in [-0.39, 0.29) is 11.8 Å². The molecule has 0 radical (unpaired) electrons. The van der Waals surface area contributed by atoms with Gasteiger partial charge in [0.25, 0.3) is 0 Å². The molecule has 1 aromatic rings. The van der Waals surface area contributed by atoms with Crippen LogP contribution in [0.4, 0.5) is 0 Å². The Balaban J connectivity index is 2.47. The van der Waals surface area contributed by atoms with E-state index >= 15 is 0 Å². The first-order valence-electron chi connectivity index (χ1n) is 3.93. The molecule has 0 aromatic carbocycles. The van der Waals surface area contributed by atoms with Gasteiger partial charge in [0.15, 0.2) is 0 Å². The summed E-state index contributed by atoms with van der Waals surface area (Å²) >= 11 is 0. The Bertz CT molecular complexity index is 243. The number of H-pyrrole nitrogens is 1. The highest BCUT2D eigenvalue weighted by atomic mass is 16.1. The molecule has 0 aliphatic carbocycles. The minimum absolute atomic E-state index is 0.0155. The van der Waals surface area contributed by atoms with Crippen molar-refractivity contribution >= 4 is 5.91 Å². The number of amides is 1. The van der Waals surface area contributed by atoms with Gasteiger partial charge in [-0.05, 0) is 0 Å². The van der Waals surface area contributed by atoms with E-state index in [2.05, 4.69) is 15.3 Å². The van der Waals surface area contributed by atoms with E-state index in [0.29, 0.717) is 6.42 Å². The minimum atomic E-state index is -0.0155. The molecule has 1 aromatic heterocycles. The molecule has 1 atom stereocenters. The van der Waals surface area contributed by atoms with Crippen LogP contribution in [-0.2, 0) is 11.2 Å². The Morgan fingerprint density at radius 1 is 1.83 bits per heavy atom. The maximum Gasteiger partial charge on any atom is 0.222 e. The standard InChI is InChI=1S/C8H13N3O/c1-6(8(12)9-2)3-7-4-10-5-11-7/h4-6H,3H2,1-2H3,(H,9,12)(H,10,11). The molecule has 1 unspecified atom stereocenters. The van der Waals surface area contributed by atoms with E-state index in [1.807, 2.05) is 6.92 Å². The van der Waals surface area contributed by atoms with Gasteiger partial charge in [0.05, 0.1) is 12.0 Å². The topological polar surface area (TPSA) is 57.8 Å². The highest BCUT2D eigenvalue weighted by Gasteiger charge is 2.11. The Morgan fingerprint density at radius 3 is 3.08 bits per heavy atom. The first kappa shape index (κ1) is 8.77. The maximum absolute atomic E-state index is 11.1. The third kappa shape index (κ3) is 2.08. The molecule has 0 bridgehead atoms. The molecule has 66 valence electrons. The molecule has 1 heterocycles. The zero-order valence-corrected chi connectivity index (χ0v) is 7.29. The zero-order chi connectivity index (χ0) is 8.97. The molecular weight excluding hydrogens is 154 g/mol. The number of nitrogens with zero attached hydrogens (tertiary/aromatic N) is 1. The Kier molecular flexibility index (Phi) is 2.85. The predicted molar refractivity (Wildman–Crippen MR) is 45.5 cm³/mol. The largest absolute Gasteiger partial charge is 0.359 e. The van der Waals surface area contributed by atoms with E-state index in [0.717, 1.165) is 5.69 Å². The number of aromatic nitrogens is 2. The molecule has 4 heteroatoms. The third-order valence-electron chi connectivity index (χ3n) is 1.76. The van der Waals surface area contributed by atoms with Crippen LogP contribution in [0, 0.1) is 5.92 Å². The summed E-state index contributed by atoms with van der Waals surface area (Å²) in [5.41, 5.74) is 0.922. The summed E-state index contributed by atoms with van der Waals surface area (Å²) < 4.78 is 0. The Labute approximate surface area is 71.4 Å². The van der Waals surface area contributed by atoms with E-state index in [4.69, 9.17) is 0 Å². The van der Waals surface area contributed by atoms with Crippen LogP contribution < -0.4 is 5.32 Å². The van der Waals surface area contributed by atoms with E-state index < -0.39 is 0 Å². The number of imidazole rings is 1. The lowest BCUT2D eigenvalue weighted by Gasteiger charge is -2.06. The van der Waals surface area contributed by atoms with Gasteiger partial charge in [-0.3, -0.25) is 4.79 Å².